The van der Waals surface area contributed by atoms with E-state index in [1.807, 2.05) is 13.8 Å². The van der Waals surface area contributed by atoms with Crippen LogP contribution in [0.5, 0.6) is 0 Å². The third kappa shape index (κ3) is 15.8. The number of carbonyl (C=O) groups is 5. The number of amides is 5. The molecule has 6 N–H and O–H groups in total. The largest absolute Gasteiger partial charge is 0.445 e. The number of rotatable bonds is 20. The van der Waals surface area contributed by atoms with Gasteiger partial charge in [0.25, 0.3) is 0 Å². The molecule has 0 fully saturated rings. The first-order valence-corrected chi connectivity index (χ1v) is 15.1. The summed E-state index contributed by atoms with van der Waals surface area (Å²) in [4.78, 5) is 63.9. The van der Waals surface area contributed by atoms with Gasteiger partial charge in [-0.25, -0.2) is 9.59 Å². The van der Waals surface area contributed by atoms with Gasteiger partial charge >= 0.3 is 12.2 Å². The van der Waals surface area contributed by atoms with E-state index in [4.69, 9.17) is 9.47 Å². The standard InChI is InChI=1S/C32H49N5O8/c1-7-17-44-31(42)33-16-10-9-11-25(28(39)34-24-14-12-23(20-38)13-15-24)35-29(40)26(19-21(3)4)36-30(41)27(22(5)6)37-32(43)45-18-8-2/h7-8,12-15,21-22,25-27,38H,1-2,9-11,16-20H2,3-6H3,(H,33,42)(H,34,39)(H,35,40)(H,36,41)(H,37,43)/t25-,26-,27+/m0/s1. The van der Waals surface area contributed by atoms with Crippen molar-refractivity contribution in [2.45, 2.75) is 78.1 Å². The molecule has 250 valence electrons. The second-order valence-electron chi connectivity index (χ2n) is 11.2. The van der Waals surface area contributed by atoms with E-state index in [9.17, 15) is 29.1 Å². The van der Waals surface area contributed by atoms with Gasteiger partial charge in [-0.05, 0) is 55.2 Å². The molecule has 0 radical (unpaired) electrons. The number of benzene rings is 1. The lowest BCUT2D eigenvalue weighted by Crippen LogP contribution is -2.57. The molecule has 5 amide bonds. The van der Waals surface area contributed by atoms with Crippen LogP contribution in [0.3, 0.4) is 0 Å². The molecule has 1 aromatic rings. The number of anilines is 1. The van der Waals surface area contributed by atoms with Gasteiger partial charge in [0, 0.05) is 12.2 Å². The van der Waals surface area contributed by atoms with Crippen molar-refractivity contribution in [3.05, 3.63) is 55.1 Å². The Morgan fingerprint density at radius 1 is 0.800 bits per heavy atom. The highest BCUT2D eigenvalue weighted by Crippen LogP contribution is 2.13. The zero-order chi connectivity index (χ0) is 33.8. The molecule has 0 aromatic heterocycles. The van der Waals surface area contributed by atoms with Crippen molar-refractivity contribution < 1.29 is 38.6 Å². The Balaban J connectivity index is 3.04. The molecule has 13 nitrogen and oxygen atoms in total. The molecule has 13 heteroatoms. The van der Waals surface area contributed by atoms with E-state index >= 15 is 0 Å². The highest BCUT2D eigenvalue weighted by Gasteiger charge is 2.31. The number of nitrogens with one attached hydrogen (secondary N) is 5. The lowest BCUT2D eigenvalue weighted by Gasteiger charge is -2.27. The van der Waals surface area contributed by atoms with E-state index in [1.54, 1.807) is 38.1 Å². The van der Waals surface area contributed by atoms with Crippen LogP contribution in [0.2, 0.25) is 0 Å². The van der Waals surface area contributed by atoms with E-state index in [1.165, 1.54) is 12.2 Å². The normalized spacial score (nSPS) is 12.7. The smallest absolute Gasteiger partial charge is 0.408 e. The summed E-state index contributed by atoms with van der Waals surface area (Å²) < 4.78 is 9.83. The Hall–Kier alpha value is -4.39. The molecule has 0 saturated heterocycles. The Bertz CT molecular complexity index is 1120. The zero-order valence-corrected chi connectivity index (χ0v) is 26.7. The minimum absolute atomic E-state index is 0.00769. The summed E-state index contributed by atoms with van der Waals surface area (Å²) in [6.07, 6.45) is 2.97. The van der Waals surface area contributed by atoms with E-state index in [0.717, 1.165) is 0 Å². The molecule has 45 heavy (non-hydrogen) atoms. The SMILES string of the molecule is C=CCOC(=O)NCCCC[C@H](NC(=O)[C@H](CC(C)C)NC(=O)[C@H](NC(=O)OCC=C)C(C)C)C(=O)Nc1ccc(CO)cc1. The number of unbranched alkanes of at least 4 members (excludes halogenated alkanes) is 1. The molecule has 0 aliphatic carbocycles. The van der Waals surface area contributed by atoms with Crippen molar-refractivity contribution in [3.63, 3.8) is 0 Å². The second-order valence-corrected chi connectivity index (χ2v) is 11.2. The predicted molar refractivity (Wildman–Crippen MR) is 171 cm³/mol. The summed E-state index contributed by atoms with van der Waals surface area (Å²) in [5.74, 6) is -1.91. The summed E-state index contributed by atoms with van der Waals surface area (Å²) in [5, 5.41) is 22.7. The van der Waals surface area contributed by atoms with Crippen LogP contribution in [-0.2, 0) is 30.5 Å². The molecular formula is C32H49N5O8. The average molecular weight is 632 g/mol. The van der Waals surface area contributed by atoms with Crippen molar-refractivity contribution >= 4 is 35.6 Å². The summed E-state index contributed by atoms with van der Waals surface area (Å²) in [6, 6.07) is 3.68. The van der Waals surface area contributed by atoms with Gasteiger partial charge in [-0.15, -0.1) is 0 Å². The van der Waals surface area contributed by atoms with Gasteiger partial charge in [0.2, 0.25) is 17.7 Å². The Labute approximate surface area is 265 Å². The molecule has 0 bridgehead atoms. The topological polar surface area (TPSA) is 184 Å². The number of carbonyl (C=O) groups excluding carboxylic acids is 5. The van der Waals surface area contributed by atoms with Gasteiger partial charge in [0.15, 0.2) is 0 Å². The second kappa shape index (κ2) is 21.3. The third-order valence-corrected chi connectivity index (χ3v) is 6.45. The molecule has 0 aliphatic heterocycles. The first kappa shape index (κ1) is 38.6. The van der Waals surface area contributed by atoms with E-state index < -0.39 is 48.0 Å². The Kier molecular flexibility index (Phi) is 18.3. The predicted octanol–water partition coefficient (Wildman–Crippen LogP) is 3.15. The molecular weight excluding hydrogens is 582 g/mol. The van der Waals surface area contributed by atoms with Crippen LogP contribution in [0.1, 0.15) is 58.9 Å². The van der Waals surface area contributed by atoms with E-state index in [-0.39, 0.29) is 44.5 Å². The number of ether oxygens (including phenoxy) is 2. The first-order valence-electron chi connectivity index (χ1n) is 15.1. The summed E-state index contributed by atoms with van der Waals surface area (Å²) in [7, 11) is 0. The Morgan fingerprint density at radius 3 is 1.96 bits per heavy atom. The summed E-state index contributed by atoms with van der Waals surface area (Å²) in [5.41, 5.74) is 1.15. The average Bonchev–Trinajstić information content (AvgIpc) is 3.00. The molecule has 0 saturated carbocycles. The zero-order valence-electron chi connectivity index (χ0n) is 26.7. The van der Waals surface area contributed by atoms with Crippen LogP contribution in [0.15, 0.2) is 49.6 Å². The fourth-order valence-electron chi connectivity index (χ4n) is 4.12. The highest BCUT2D eigenvalue weighted by atomic mass is 16.6. The number of aliphatic hydroxyl groups is 1. The monoisotopic (exact) mass is 631 g/mol. The number of hydrogen-bond acceptors (Lipinski definition) is 8. The van der Waals surface area contributed by atoms with Crippen molar-refractivity contribution in [2.24, 2.45) is 11.8 Å². The lowest BCUT2D eigenvalue weighted by molar-refractivity contribution is -0.132. The van der Waals surface area contributed by atoms with Crippen LogP contribution < -0.4 is 26.6 Å². The molecule has 3 atom stereocenters. The molecule has 0 unspecified atom stereocenters. The fourth-order valence-corrected chi connectivity index (χ4v) is 4.12. The van der Waals surface area contributed by atoms with Gasteiger partial charge in [0.05, 0.1) is 6.61 Å². The molecule has 0 aliphatic rings. The van der Waals surface area contributed by atoms with Crippen LogP contribution in [0.25, 0.3) is 0 Å². The van der Waals surface area contributed by atoms with Crippen LogP contribution in [0.4, 0.5) is 15.3 Å². The van der Waals surface area contributed by atoms with Crippen molar-refractivity contribution in [1.29, 1.82) is 0 Å². The maximum absolute atomic E-state index is 13.6. The van der Waals surface area contributed by atoms with E-state index in [2.05, 4.69) is 39.7 Å². The van der Waals surface area contributed by atoms with Gasteiger partial charge in [0.1, 0.15) is 31.3 Å². The molecule has 1 aromatic carbocycles. The maximum Gasteiger partial charge on any atom is 0.408 e. The summed E-state index contributed by atoms with van der Waals surface area (Å²) in [6.45, 7) is 14.5. The number of hydrogen-bond donors (Lipinski definition) is 6. The highest BCUT2D eigenvalue weighted by molar-refractivity contribution is 5.98. The molecule has 0 spiro atoms. The van der Waals surface area contributed by atoms with Crippen LogP contribution in [0, 0.1) is 11.8 Å². The van der Waals surface area contributed by atoms with E-state index in [0.29, 0.717) is 30.6 Å². The number of aliphatic hydroxyl groups excluding tert-OH is 1. The summed E-state index contributed by atoms with van der Waals surface area (Å²) >= 11 is 0. The minimum Gasteiger partial charge on any atom is -0.445 e. The third-order valence-electron chi connectivity index (χ3n) is 6.45. The van der Waals surface area contributed by atoms with Crippen molar-refractivity contribution in [3.8, 4) is 0 Å². The Morgan fingerprint density at radius 2 is 1.40 bits per heavy atom. The van der Waals surface area contributed by atoms with Crippen LogP contribution >= 0.6 is 0 Å². The van der Waals surface area contributed by atoms with Gasteiger partial charge < -0.3 is 41.2 Å². The fraction of sp³-hybridized carbons (Fsp3) is 0.531. The lowest BCUT2D eigenvalue weighted by atomic mass is 9.99. The van der Waals surface area contributed by atoms with Gasteiger partial charge in [-0.2, -0.15) is 0 Å². The molecule has 1 rings (SSSR count). The minimum atomic E-state index is -0.995. The van der Waals surface area contributed by atoms with Crippen molar-refractivity contribution in [2.75, 3.05) is 25.1 Å². The van der Waals surface area contributed by atoms with Gasteiger partial charge in [-0.1, -0.05) is 65.1 Å². The quantitative estimate of drug-likeness (QED) is 0.0936. The van der Waals surface area contributed by atoms with Gasteiger partial charge in [-0.3, -0.25) is 14.4 Å². The molecule has 0 heterocycles. The van der Waals surface area contributed by atoms with Crippen LogP contribution in [-0.4, -0.2) is 72.9 Å². The maximum atomic E-state index is 13.6. The first-order chi connectivity index (χ1) is 21.4. The number of alkyl carbamates (subject to hydrolysis) is 2. The van der Waals surface area contributed by atoms with Crippen molar-refractivity contribution in [1.82, 2.24) is 21.3 Å².